The summed E-state index contributed by atoms with van der Waals surface area (Å²) in [6.07, 6.45) is 0.0949. The van der Waals surface area contributed by atoms with E-state index < -0.39 is 12.0 Å². The molecule has 3 N–H and O–H groups in total. The highest BCUT2D eigenvalue weighted by atomic mass is 19.1. The number of benzene rings is 1. The maximum absolute atomic E-state index is 13.3. The number of hydrogen-bond acceptors (Lipinski definition) is 3. The van der Waals surface area contributed by atoms with Gasteiger partial charge in [-0.2, -0.15) is 0 Å². The summed E-state index contributed by atoms with van der Waals surface area (Å²) >= 11 is 0. The van der Waals surface area contributed by atoms with Gasteiger partial charge in [0, 0.05) is 6.42 Å². The van der Waals surface area contributed by atoms with Crippen LogP contribution in [0.5, 0.6) is 0 Å². The van der Waals surface area contributed by atoms with E-state index in [9.17, 15) is 14.0 Å². The molecule has 2 rings (SSSR count). The second-order valence-electron chi connectivity index (χ2n) is 4.27. The van der Waals surface area contributed by atoms with Crippen molar-refractivity contribution in [1.29, 1.82) is 0 Å². The van der Waals surface area contributed by atoms with Gasteiger partial charge in [0.1, 0.15) is 11.9 Å². The summed E-state index contributed by atoms with van der Waals surface area (Å²) in [6, 6.07) is 2.25. The van der Waals surface area contributed by atoms with Crippen LogP contribution in [0.3, 0.4) is 0 Å². The number of anilines is 2. The molecule has 5 nitrogen and oxygen atoms in total. The first-order chi connectivity index (χ1) is 8.47. The molecule has 1 heterocycles. The lowest BCUT2D eigenvalue weighted by molar-refractivity contribution is -0.137. The summed E-state index contributed by atoms with van der Waals surface area (Å²) in [5.74, 6) is -1.68. The van der Waals surface area contributed by atoms with Crippen molar-refractivity contribution in [2.75, 3.05) is 10.6 Å². The number of carboxylic acid groups (broad SMARTS) is 1. The highest BCUT2D eigenvalue weighted by Gasteiger charge is 2.26. The van der Waals surface area contributed by atoms with Crippen LogP contribution in [-0.4, -0.2) is 23.0 Å². The molecule has 0 saturated heterocycles. The summed E-state index contributed by atoms with van der Waals surface area (Å²) in [7, 11) is 0. The first kappa shape index (κ1) is 12.3. The van der Waals surface area contributed by atoms with E-state index in [-0.39, 0.29) is 24.6 Å². The summed E-state index contributed by atoms with van der Waals surface area (Å²) in [5.41, 5.74) is 1.47. The third-order valence-electron chi connectivity index (χ3n) is 2.85. The summed E-state index contributed by atoms with van der Waals surface area (Å²) in [5, 5.41) is 14.1. The molecule has 1 aliphatic rings. The lowest BCUT2D eigenvalue weighted by Crippen LogP contribution is -2.39. The van der Waals surface area contributed by atoms with Crippen molar-refractivity contribution in [2.45, 2.75) is 25.8 Å². The standard InChI is InChI=1S/C12H13FN2O3/c1-6-4-9-10(5-7(6)13)15-12(18)8(14-9)2-3-11(16)17/h4-5,8,14H,2-3H2,1H3,(H,15,18)(H,16,17). The van der Waals surface area contributed by atoms with Crippen molar-refractivity contribution in [2.24, 2.45) is 0 Å². The number of hydrogen-bond donors (Lipinski definition) is 3. The minimum absolute atomic E-state index is 0.0966. The van der Waals surface area contributed by atoms with Gasteiger partial charge in [0.05, 0.1) is 11.4 Å². The number of rotatable bonds is 3. The van der Waals surface area contributed by atoms with E-state index in [4.69, 9.17) is 5.11 Å². The minimum Gasteiger partial charge on any atom is -0.481 e. The van der Waals surface area contributed by atoms with Crippen molar-refractivity contribution in [1.82, 2.24) is 0 Å². The number of nitrogens with one attached hydrogen (secondary N) is 2. The average Bonchev–Trinajstić information content (AvgIpc) is 2.29. The highest BCUT2D eigenvalue weighted by molar-refractivity contribution is 6.03. The molecule has 0 saturated carbocycles. The molecule has 0 fully saturated rings. The SMILES string of the molecule is Cc1cc2c(cc1F)NC(=O)C(CCC(=O)O)N2. The number of carboxylic acids is 1. The first-order valence-electron chi connectivity index (χ1n) is 5.56. The maximum atomic E-state index is 13.3. The lowest BCUT2D eigenvalue weighted by atomic mass is 10.0. The number of aliphatic carboxylic acids is 1. The van der Waals surface area contributed by atoms with Gasteiger partial charge >= 0.3 is 5.97 Å². The molecule has 0 spiro atoms. The molecule has 6 heteroatoms. The van der Waals surface area contributed by atoms with Gasteiger partial charge < -0.3 is 15.7 Å². The Hall–Kier alpha value is -2.11. The quantitative estimate of drug-likeness (QED) is 0.765. The maximum Gasteiger partial charge on any atom is 0.303 e. The van der Waals surface area contributed by atoms with E-state index in [0.717, 1.165) is 0 Å². The topological polar surface area (TPSA) is 78.4 Å². The van der Waals surface area contributed by atoms with E-state index in [2.05, 4.69) is 10.6 Å². The Morgan fingerprint density at radius 2 is 2.17 bits per heavy atom. The Labute approximate surface area is 103 Å². The molecule has 0 radical (unpaired) electrons. The molecular weight excluding hydrogens is 239 g/mol. The molecule has 18 heavy (non-hydrogen) atoms. The fourth-order valence-corrected chi connectivity index (χ4v) is 1.85. The largest absolute Gasteiger partial charge is 0.481 e. The average molecular weight is 252 g/mol. The van der Waals surface area contributed by atoms with Crippen LogP contribution in [0.4, 0.5) is 15.8 Å². The van der Waals surface area contributed by atoms with Crippen LogP contribution < -0.4 is 10.6 Å². The molecule has 96 valence electrons. The van der Waals surface area contributed by atoms with Crippen molar-refractivity contribution in [3.8, 4) is 0 Å². The molecule has 1 aromatic rings. The van der Waals surface area contributed by atoms with Crippen LogP contribution in [0.15, 0.2) is 12.1 Å². The number of carbonyl (C=O) groups excluding carboxylic acids is 1. The van der Waals surface area contributed by atoms with Crippen molar-refractivity contribution in [3.05, 3.63) is 23.5 Å². The van der Waals surface area contributed by atoms with Gasteiger partial charge in [-0.3, -0.25) is 9.59 Å². The number of carbonyl (C=O) groups is 2. The molecule has 1 aromatic carbocycles. The van der Waals surface area contributed by atoms with Crippen LogP contribution in [0.1, 0.15) is 18.4 Å². The predicted octanol–water partition coefficient (Wildman–Crippen LogP) is 1.73. The zero-order valence-corrected chi connectivity index (χ0v) is 9.79. The number of aryl methyl sites for hydroxylation is 1. The smallest absolute Gasteiger partial charge is 0.303 e. The van der Waals surface area contributed by atoms with Crippen molar-refractivity contribution in [3.63, 3.8) is 0 Å². The molecule has 0 bridgehead atoms. The molecule has 0 aromatic heterocycles. The van der Waals surface area contributed by atoms with E-state index >= 15 is 0 Å². The number of halogens is 1. The molecule has 1 aliphatic heterocycles. The summed E-state index contributed by atoms with van der Waals surface area (Å²) in [6.45, 7) is 1.62. The Kier molecular flexibility index (Phi) is 3.18. The Balaban J connectivity index is 2.19. The lowest BCUT2D eigenvalue weighted by Gasteiger charge is -2.27. The van der Waals surface area contributed by atoms with Gasteiger partial charge in [-0.1, -0.05) is 0 Å². The molecule has 1 unspecified atom stereocenters. The molecule has 1 amide bonds. The Bertz CT molecular complexity index is 516. The fraction of sp³-hybridized carbons (Fsp3) is 0.333. The molecule has 0 aliphatic carbocycles. The Morgan fingerprint density at radius 1 is 1.44 bits per heavy atom. The summed E-state index contributed by atoms with van der Waals surface area (Å²) in [4.78, 5) is 22.2. The zero-order valence-electron chi connectivity index (χ0n) is 9.79. The van der Waals surface area contributed by atoms with Crippen LogP contribution in [-0.2, 0) is 9.59 Å². The van der Waals surface area contributed by atoms with Gasteiger partial charge in [-0.15, -0.1) is 0 Å². The van der Waals surface area contributed by atoms with Crippen LogP contribution in [0.25, 0.3) is 0 Å². The van der Waals surface area contributed by atoms with Crippen LogP contribution in [0.2, 0.25) is 0 Å². The van der Waals surface area contributed by atoms with Crippen LogP contribution in [0, 0.1) is 12.7 Å². The van der Waals surface area contributed by atoms with E-state index in [0.29, 0.717) is 16.9 Å². The predicted molar refractivity (Wildman–Crippen MR) is 64.0 cm³/mol. The number of fused-ring (bicyclic) bond motifs is 1. The van der Waals surface area contributed by atoms with E-state index in [1.54, 1.807) is 13.0 Å². The van der Waals surface area contributed by atoms with Crippen molar-refractivity contribution >= 4 is 23.3 Å². The normalized spacial score (nSPS) is 17.7. The van der Waals surface area contributed by atoms with Crippen molar-refractivity contribution < 1.29 is 19.1 Å². The van der Waals surface area contributed by atoms with E-state index in [1.165, 1.54) is 6.07 Å². The monoisotopic (exact) mass is 252 g/mol. The third-order valence-corrected chi connectivity index (χ3v) is 2.85. The summed E-state index contributed by atoms with van der Waals surface area (Å²) < 4.78 is 13.3. The second kappa shape index (κ2) is 4.64. The number of amides is 1. The van der Waals surface area contributed by atoms with Crippen LogP contribution >= 0.6 is 0 Å². The first-order valence-corrected chi connectivity index (χ1v) is 5.56. The fourth-order valence-electron chi connectivity index (χ4n) is 1.85. The Morgan fingerprint density at radius 3 is 2.83 bits per heavy atom. The van der Waals surface area contributed by atoms with Gasteiger partial charge in [0.15, 0.2) is 0 Å². The molecule has 1 atom stereocenters. The third kappa shape index (κ3) is 2.42. The van der Waals surface area contributed by atoms with E-state index in [1.807, 2.05) is 0 Å². The van der Waals surface area contributed by atoms with Gasteiger partial charge in [0.25, 0.3) is 0 Å². The highest BCUT2D eigenvalue weighted by Crippen LogP contribution is 2.30. The second-order valence-corrected chi connectivity index (χ2v) is 4.27. The zero-order chi connectivity index (χ0) is 13.3. The van der Waals surface area contributed by atoms with Gasteiger partial charge in [-0.25, -0.2) is 4.39 Å². The minimum atomic E-state index is -0.953. The molecular formula is C12H13FN2O3. The van der Waals surface area contributed by atoms with Gasteiger partial charge in [0.2, 0.25) is 5.91 Å². The van der Waals surface area contributed by atoms with Gasteiger partial charge in [-0.05, 0) is 31.0 Å².